The number of hydrogen-bond donors (Lipinski definition) is 3. The van der Waals surface area contributed by atoms with E-state index in [2.05, 4.69) is 17.4 Å². The summed E-state index contributed by atoms with van der Waals surface area (Å²) in [5, 5.41) is 14.9. The van der Waals surface area contributed by atoms with Crippen LogP contribution < -0.4 is 11.1 Å². The monoisotopic (exact) mass is 281 g/mol. The van der Waals surface area contributed by atoms with E-state index in [1.807, 2.05) is 0 Å². The lowest BCUT2D eigenvalue weighted by atomic mass is 10.0. The van der Waals surface area contributed by atoms with Gasteiger partial charge in [-0.15, -0.1) is 0 Å². The van der Waals surface area contributed by atoms with Crippen LogP contribution in [0.1, 0.15) is 24.5 Å². The van der Waals surface area contributed by atoms with Crippen molar-refractivity contribution in [2.75, 3.05) is 13.2 Å². The molecule has 0 radical (unpaired) electrons. The number of benzene rings is 1. The molecule has 1 fully saturated rings. The molecule has 0 aromatic heterocycles. The average molecular weight is 281 g/mol. The van der Waals surface area contributed by atoms with Crippen LogP contribution in [0.4, 0.5) is 4.39 Å². The fraction of sp³-hybridized carbons (Fsp3) is 0.500. The molecule has 1 heterocycles. The fourth-order valence-corrected chi connectivity index (χ4v) is 2.35. The molecule has 1 saturated heterocycles. The topological polar surface area (TPSA) is 79.9 Å². The van der Waals surface area contributed by atoms with Crippen molar-refractivity contribution >= 4 is 5.84 Å². The quantitative estimate of drug-likeness (QED) is 0.330. The summed E-state index contributed by atoms with van der Waals surface area (Å²) >= 11 is 0. The first-order valence-corrected chi connectivity index (χ1v) is 6.68. The number of rotatable bonds is 5. The molecule has 0 saturated carbocycles. The molecule has 1 aliphatic rings. The van der Waals surface area contributed by atoms with Gasteiger partial charge >= 0.3 is 0 Å². The van der Waals surface area contributed by atoms with Crippen molar-refractivity contribution in [2.24, 2.45) is 16.8 Å². The van der Waals surface area contributed by atoms with Gasteiger partial charge in [0.2, 0.25) is 0 Å². The molecule has 2 rings (SSSR count). The van der Waals surface area contributed by atoms with Gasteiger partial charge in [-0.3, -0.25) is 0 Å². The maximum absolute atomic E-state index is 13.5. The van der Waals surface area contributed by atoms with Crippen LogP contribution in [-0.2, 0) is 11.3 Å². The summed E-state index contributed by atoms with van der Waals surface area (Å²) < 4.78 is 18.9. The molecule has 2 unspecified atom stereocenters. The molecule has 1 aromatic rings. The maximum Gasteiger partial charge on any atom is 0.170 e. The van der Waals surface area contributed by atoms with Gasteiger partial charge in [-0.05, 0) is 43.0 Å². The second-order valence-electron chi connectivity index (χ2n) is 5.13. The van der Waals surface area contributed by atoms with Crippen LogP contribution in [0.15, 0.2) is 23.4 Å². The molecule has 1 aromatic carbocycles. The fourth-order valence-electron chi connectivity index (χ4n) is 2.35. The smallest absolute Gasteiger partial charge is 0.170 e. The summed E-state index contributed by atoms with van der Waals surface area (Å²) in [5.41, 5.74) is 6.62. The standard InChI is InChI=1S/C14H20FN3O2/c1-9(11-2-3-20-8-11)17-7-10-4-12(14(16)18-19)6-13(15)5-10/h4-6,9,11,17,19H,2-3,7-8H2,1H3,(H2,16,18). The predicted octanol–water partition coefficient (Wildman–Crippen LogP) is 1.43. The SMILES string of the molecule is CC(NCc1cc(F)cc(/C(N)=N/O)c1)C1CCOC1. The molecule has 0 bridgehead atoms. The zero-order chi connectivity index (χ0) is 14.5. The van der Waals surface area contributed by atoms with E-state index < -0.39 is 5.82 Å². The Hall–Kier alpha value is -1.66. The van der Waals surface area contributed by atoms with Gasteiger partial charge < -0.3 is 21.0 Å². The molecule has 4 N–H and O–H groups in total. The summed E-state index contributed by atoms with van der Waals surface area (Å²) in [6, 6.07) is 4.70. The normalized spacial score (nSPS) is 21.1. The molecular formula is C14H20FN3O2. The second-order valence-corrected chi connectivity index (χ2v) is 5.13. The third-order valence-electron chi connectivity index (χ3n) is 3.66. The minimum absolute atomic E-state index is 0.0945. The lowest BCUT2D eigenvalue weighted by molar-refractivity contribution is 0.178. The molecule has 20 heavy (non-hydrogen) atoms. The van der Waals surface area contributed by atoms with Crippen LogP contribution >= 0.6 is 0 Å². The number of amidine groups is 1. The van der Waals surface area contributed by atoms with E-state index in [1.165, 1.54) is 12.1 Å². The zero-order valence-electron chi connectivity index (χ0n) is 11.5. The molecule has 0 amide bonds. The summed E-state index contributed by atoms with van der Waals surface area (Å²) in [6.07, 6.45) is 1.05. The lowest BCUT2D eigenvalue weighted by Gasteiger charge is -2.19. The first-order chi connectivity index (χ1) is 9.60. The van der Waals surface area contributed by atoms with Crippen molar-refractivity contribution in [1.29, 1.82) is 0 Å². The van der Waals surface area contributed by atoms with Gasteiger partial charge in [0.25, 0.3) is 0 Å². The third-order valence-corrected chi connectivity index (χ3v) is 3.66. The Morgan fingerprint density at radius 1 is 1.60 bits per heavy atom. The van der Waals surface area contributed by atoms with Gasteiger partial charge in [0.1, 0.15) is 5.82 Å². The molecular weight excluding hydrogens is 261 g/mol. The molecule has 0 aliphatic carbocycles. The van der Waals surface area contributed by atoms with Crippen molar-refractivity contribution < 1.29 is 14.3 Å². The van der Waals surface area contributed by atoms with Gasteiger partial charge in [0.15, 0.2) is 5.84 Å². The van der Waals surface area contributed by atoms with E-state index in [0.717, 1.165) is 25.2 Å². The Morgan fingerprint density at radius 3 is 3.05 bits per heavy atom. The number of ether oxygens (including phenoxy) is 1. The Labute approximate surface area is 117 Å². The van der Waals surface area contributed by atoms with E-state index in [1.54, 1.807) is 6.07 Å². The molecule has 5 nitrogen and oxygen atoms in total. The number of oxime groups is 1. The highest BCUT2D eigenvalue weighted by Gasteiger charge is 2.21. The van der Waals surface area contributed by atoms with E-state index in [0.29, 0.717) is 24.1 Å². The van der Waals surface area contributed by atoms with E-state index in [9.17, 15) is 4.39 Å². The van der Waals surface area contributed by atoms with E-state index in [-0.39, 0.29) is 5.84 Å². The van der Waals surface area contributed by atoms with Gasteiger partial charge in [0, 0.05) is 24.8 Å². The molecule has 110 valence electrons. The third kappa shape index (κ3) is 3.68. The van der Waals surface area contributed by atoms with Crippen molar-refractivity contribution in [3.63, 3.8) is 0 Å². The zero-order valence-corrected chi connectivity index (χ0v) is 11.5. The Balaban J connectivity index is 2.00. The van der Waals surface area contributed by atoms with E-state index in [4.69, 9.17) is 15.7 Å². The summed E-state index contributed by atoms with van der Waals surface area (Å²) in [6.45, 7) is 4.21. The Bertz CT molecular complexity index is 487. The summed E-state index contributed by atoms with van der Waals surface area (Å²) in [4.78, 5) is 0. The Kier molecular flexibility index (Phi) is 4.92. The van der Waals surface area contributed by atoms with Crippen molar-refractivity contribution in [2.45, 2.75) is 25.9 Å². The summed E-state index contributed by atoms with van der Waals surface area (Å²) in [5.74, 6) is -0.00199. The Morgan fingerprint density at radius 2 is 2.40 bits per heavy atom. The first-order valence-electron chi connectivity index (χ1n) is 6.68. The number of nitrogens with one attached hydrogen (secondary N) is 1. The van der Waals surface area contributed by atoms with Gasteiger partial charge in [0.05, 0.1) is 6.61 Å². The van der Waals surface area contributed by atoms with Crippen LogP contribution in [0.3, 0.4) is 0 Å². The van der Waals surface area contributed by atoms with Crippen LogP contribution in [-0.4, -0.2) is 30.3 Å². The highest BCUT2D eigenvalue weighted by molar-refractivity contribution is 5.97. The molecule has 0 spiro atoms. The number of halogens is 1. The maximum atomic E-state index is 13.5. The molecule has 2 atom stereocenters. The van der Waals surface area contributed by atoms with Crippen molar-refractivity contribution in [3.8, 4) is 0 Å². The molecule has 6 heteroatoms. The van der Waals surface area contributed by atoms with Gasteiger partial charge in [-0.25, -0.2) is 4.39 Å². The minimum atomic E-state index is -0.400. The second kappa shape index (κ2) is 6.67. The number of nitrogens with two attached hydrogens (primary N) is 1. The van der Waals surface area contributed by atoms with Crippen molar-refractivity contribution in [3.05, 3.63) is 35.1 Å². The lowest BCUT2D eigenvalue weighted by Crippen LogP contribution is -2.33. The predicted molar refractivity (Wildman–Crippen MR) is 74.1 cm³/mol. The molecule has 1 aliphatic heterocycles. The van der Waals surface area contributed by atoms with Crippen LogP contribution in [0, 0.1) is 11.7 Å². The average Bonchev–Trinajstić information content (AvgIpc) is 2.97. The minimum Gasteiger partial charge on any atom is -0.409 e. The van der Waals surface area contributed by atoms with Crippen molar-refractivity contribution in [1.82, 2.24) is 5.32 Å². The highest BCUT2D eigenvalue weighted by Crippen LogP contribution is 2.17. The van der Waals surface area contributed by atoms with Crippen LogP contribution in [0.2, 0.25) is 0 Å². The van der Waals surface area contributed by atoms with Gasteiger partial charge in [-0.2, -0.15) is 0 Å². The van der Waals surface area contributed by atoms with Crippen LogP contribution in [0.25, 0.3) is 0 Å². The highest BCUT2D eigenvalue weighted by atomic mass is 19.1. The largest absolute Gasteiger partial charge is 0.409 e. The van der Waals surface area contributed by atoms with Gasteiger partial charge in [-0.1, -0.05) is 5.16 Å². The van der Waals surface area contributed by atoms with E-state index >= 15 is 0 Å². The number of nitrogens with zero attached hydrogens (tertiary/aromatic N) is 1. The van der Waals surface area contributed by atoms with Crippen LogP contribution in [0.5, 0.6) is 0 Å². The number of hydrogen-bond acceptors (Lipinski definition) is 4. The summed E-state index contributed by atoms with van der Waals surface area (Å²) in [7, 11) is 0. The first kappa shape index (κ1) is 14.7.